The van der Waals surface area contributed by atoms with Crippen LogP contribution in [0.5, 0.6) is 11.5 Å². The molecule has 1 aromatic carbocycles. The Morgan fingerprint density at radius 2 is 2.00 bits per heavy atom. The van der Waals surface area contributed by atoms with E-state index in [2.05, 4.69) is 15.3 Å². The molecule has 1 fully saturated rings. The monoisotopic (exact) mass is 346 g/mol. The number of amides is 1. The molecule has 9 heteroatoms. The van der Waals surface area contributed by atoms with E-state index in [-0.39, 0.29) is 12.6 Å². The molecule has 1 N–H and O–H groups in total. The maximum Gasteiger partial charge on any atom is 0.257 e. The molecule has 3 heterocycles. The van der Waals surface area contributed by atoms with E-state index in [4.69, 9.17) is 14.2 Å². The molecule has 25 heavy (non-hydrogen) atoms. The summed E-state index contributed by atoms with van der Waals surface area (Å²) in [5, 5.41) is 2.48. The number of carbonyl (C=O) groups is 1. The van der Waals surface area contributed by atoms with Gasteiger partial charge >= 0.3 is 0 Å². The van der Waals surface area contributed by atoms with Gasteiger partial charge in [0.15, 0.2) is 23.1 Å². The Morgan fingerprint density at radius 3 is 2.84 bits per heavy atom. The SMILES string of the molecule is O=C(Nc1nc(N2CCOCC2)ncc1F)c1ccc2c(c1)OCO2. The molecule has 0 spiro atoms. The van der Waals surface area contributed by atoms with Crippen molar-refractivity contribution in [2.24, 2.45) is 0 Å². The standard InChI is InChI=1S/C16H15FN4O4/c17-11-8-18-16(21-3-5-23-6-4-21)20-14(11)19-15(22)10-1-2-12-13(7-10)25-9-24-12/h1-2,7-8H,3-6,9H2,(H,18,19,20,22). The Kier molecular flexibility index (Phi) is 4.06. The van der Waals surface area contributed by atoms with Crippen LogP contribution in [0, 0.1) is 5.82 Å². The molecule has 0 atom stereocenters. The van der Waals surface area contributed by atoms with Crippen molar-refractivity contribution in [3.05, 3.63) is 35.8 Å². The zero-order chi connectivity index (χ0) is 17.2. The first kappa shape index (κ1) is 15.6. The van der Waals surface area contributed by atoms with Crippen LogP contribution < -0.4 is 19.7 Å². The van der Waals surface area contributed by atoms with E-state index < -0.39 is 11.7 Å². The number of fused-ring (bicyclic) bond motifs is 1. The highest BCUT2D eigenvalue weighted by Gasteiger charge is 2.20. The fourth-order valence-electron chi connectivity index (χ4n) is 2.58. The molecule has 2 aliphatic rings. The summed E-state index contributed by atoms with van der Waals surface area (Å²) >= 11 is 0. The minimum absolute atomic E-state index is 0.115. The number of morpholine rings is 1. The lowest BCUT2D eigenvalue weighted by Gasteiger charge is -2.26. The van der Waals surface area contributed by atoms with E-state index in [0.29, 0.717) is 49.3 Å². The van der Waals surface area contributed by atoms with Gasteiger partial charge in [-0.25, -0.2) is 9.37 Å². The Labute approximate surface area is 142 Å². The quantitative estimate of drug-likeness (QED) is 0.900. The van der Waals surface area contributed by atoms with E-state index in [1.807, 2.05) is 4.90 Å². The lowest BCUT2D eigenvalue weighted by molar-refractivity contribution is 0.102. The van der Waals surface area contributed by atoms with Crippen LogP contribution >= 0.6 is 0 Å². The van der Waals surface area contributed by atoms with Gasteiger partial charge in [-0.05, 0) is 18.2 Å². The first-order chi connectivity index (χ1) is 12.2. The van der Waals surface area contributed by atoms with Gasteiger partial charge in [-0.2, -0.15) is 4.98 Å². The second kappa shape index (κ2) is 6.52. The van der Waals surface area contributed by atoms with Gasteiger partial charge in [-0.1, -0.05) is 0 Å². The molecule has 0 bridgehead atoms. The summed E-state index contributed by atoms with van der Waals surface area (Å²) in [6.45, 7) is 2.45. The normalized spacial score (nSPS) is 16.0. The zero-order valence-electron chi connectivity index (χ0n) is 13.2. The van der Waals surface area contributed by atoms with Crippen molar-refractivity contribution in [2.75, 3.05) is 43.3 Å². The van der Waals surface area contributed by atoms with Crippen molar-refractivity contribution in [1.82, 2.24) is 9.97 Å². The van der Waals surface area contributed by atoms with E-state index in [1.165, 1.54) is 0 Å². The number of carbonyl (C=O) groups excluding carboxylic acids is 1. The van der Waals surface area contributed by atoms with Gasteiger partial charge in [0.25, 0.3) is 5.91 Å². The van der Waals surface area contributed by atoms with Gasteiger partial charge < -0.3 is 24.4 Å². The molecule has 1 aromatic heterocycles. The summed E-state index contributed by atoms with van der Waals surface area (Å²) in [7, 11) is 0. The lowest BCUT2D eigenvalue weighted by atomic mass is 10.2. The highest BCUT2D eigenvalue weighted by Crippen LogP contribution is 2.32. The third kappa shape index (κ3) is 3.18. The summed E-state index contributed by atoms with van der Waals surface area (Å²) in [5.41, 5.74) is 0.315. The van der Waals surface area contributed by atoms with Crippen molar-refractivity contribution in [1.29, 1.82) is 0 Å². The predicted molar refractivity (Wildman–Crippen MR) is 85.5 cm³/mol. The van der Waals surface area contributed by atoms with Crippen molar-refractivity contribution < 1.29 is 23.4 Å². The second-order valence-corrected chi connectivity index (χ2v) is 5.49. The molecule has 2 aromatic rings. The highest BCUT2D eigenvalue weighted by atomic mass is 19.1. The van der Waals surface area contributed by atoms with E-state index in [1.54, 1.807) is 18.2 Å². The summed E-state index contributed by atoms with van der Waals surface area (Å²) in [4.78, 5) is 22.4. The van der Waals surface area contributed by atoms with Crippen LogP contribution in [0.1, 0.15) is 10.4 Å². The number of anilines is 2. The van der Waals surface area contributed by atoms with Crippen molar-refractivity contribution in [3.63, 3.8) is 0 Å². The van der Waals surface area contributed by atoms with Crippen molar-refractivity contribution >= 4 is 17.7 Å². The number of rotatable bonds is 3. The van der Waals surface area contributed by atoms with Gasteiger partial charge in [0.1, 0.15) is 0 Å². The topological polar surface area (TPSA) is 85.8 Å². The smallest absolute Gasteiger partial charge is 0.257 e. The Balaban J connectivity index is 1.54. The molecular weight excluding hydrogens is 331 g/mol. The van der Waals surface area contributed by atoms with E-state index in [0.717, 1.165) is 6.20 Å². The van der Waals surface area contributed by atoms with E-state index in [9.17, 15) is 9.18 Å². The van der Waals surface area contributed by atoms with Crippen LogP contribution in [0.3, 0.4) is 0 Å². The number of ether oxygens (including phenoxy) is 3. The van der Waals surface area contributed by atoms with Crippen molar-refractivity contribution in [3.8, 4) is 11.5 Å². The van der Waals surface area contributed by atoms with E-state index >= 15 is 0 Å². The van der Waals surface area contributed by atoms with Crippen LogP contribution in [0.15, 0.2) is 24.4 Å². The van der Waals surface area contributed by atoms with Gasteiger partial charge in [-0.3, -0.25) is 4.79 Å². The Morgan fingerprint density at radius 1 is 1.20 bits per heavy atom. The number of nitrogens with one attached hydrogen (secondary N) is 1. The minimum atomic E-state index is -0.703. The van der Waals surface area contributed by atoms with Crippen LogP contribution in [-0.2, 0) is 4.74 Å². The number of benzene rings is 1. The maximum atomic E-state index is 14.0. The average molecular weight is 346 g/mol. The molecule has 0 aliphatic carbocycles. The Hall–Kier alpha value is -2.94. The molecule has 0 radical (unpaired) electrons. The molecule has 130 valence electrons. The van der Waals surface area contributed by atoms with Gasteiger partial charge in [0.05, 0.1) is 19.4 Å². The second-order valence-electron chi connectivity index (χ2n) is 5.49. The van der Waals surface area contributed by atoms with Gasteiger partial charge in [0.2, 0.25) is 12.7 Å². The summed E-state index contributed by atoms with van der Waals surface area (Å²) in [6.07, 6.45) is 1.05. The van der Waals surface area contributed by atoms with Crippen LogP contribution in [0.4, 0.5) is 16.2 Å². The minimum Gasteiger partial charge on any atom is -0.454 e. The molecule has 0 saturated carbocycles. The molecule has 1 saturated heterocycles. The average Bonchev–Trinajstić information content (AvgIpc) is 3.12. The highest BCUT2D eigenvalue weighted by molar-refractivity contribution is 6.04. The van der Waals surface area contributed by atoms with Gasteiger partial charge in [-0.15, -0.1) is 0 Å². The van der Waals surface area contributed by atoms with Crippen molar-refractivity contribution in [2.45, 2.75) is 0 Å². The maximum absolute atomic E-state index is 14.0. The fourth-order valence-corrected chi connectivity index (χ4v) is 2.58. The molecule has 1 amide bonds. The summed E-state index contributed by atoms with van der Waals surface area (Å²) < 4.78 is 29.7. The molecule has 4 rings (SSSR count). The van der Waals surface area contributed by atoms with Crippen LogP contribution in [-0.4, -0.2) is 49.0 Å². The summed E-state index contributed by atoms with van der Waals surface area (Å²) in [6, 6.07) is 4.75. The first-order valence-electron chi connectivity index (χ1n) is 7.77. The van der Waals surface area contributed by atoms with Crippen LogP contribution in [0.25, 0.3) is 0 Å². The van der Waals surface area contributed by atoms with Crippen LogP contribution in [0.2, 0.25) is 0 Å². The largest absolute Gasteiger partial charge is 0.454 e. The number of nitrogens with zero attached hydrogens (tertiary/aromatic N) is 3. The van der Waals surface area contributed by atoms with Gasteiger partial charge in [0, 0.05) is 18.7 Å². The molecule has 2 aliphatic heterocycles. The zero-order valence-corrected chi connectivity index (χ0v) is 13.2. The summed E-state index contributed by atoms with van der Waals surface area (Å²) in [5.74, 6) is 0.0314. The number of hydrogen-bond donors (Lipinski definition) is 1. The Bertz CT molecular complexity index is 811. The third-order valence-electron chi connectivity index (χ3n) is 3.89. The molecule has 8 nitrogen and oxygen atoms in total. The molecule has 0 unspecified atom stereocenters. The first-order valence-corrected chi connectivity index (χ1v) is 7.77. The lowest BCUT2D eigenvalue weighted by Crippen LogP contribution is -2.37. The fraction of sp³-hybridized carbons (Fsp3) is 0.312. The number of halogens is 1. The number of hydrogen-bond acceptors (Lipinski definition) is 7. The third-order valence-corrected chi connectivity index (χ3v) is 3.89. The predicted octanol–water partition coefficient (Wildman–Crippen LogP) is 1.43. The number of aromatic nitrogens is 2. The molecular formula is C16H15FN4O4.